The summed E-state index contributed by atoms with van der Waals surface area (Å²) >= 11 is 0. The SMILES string of the molecule is O=C1CN(C(=O)NCC(=O)N[C@@H]2CCCc3ccccc32)c2ccccc2N1. The lowest BCUT2D eigenvalue weighted by molar-refractivity contribution is -0.121. The molecule has 0 fully saturated rings. The number of benzene rings is 2. The Hall–Kier alpha value is -3.35. The number of nitrogens with one attached hydrogen (secondary N) is 3. The predicted molar refractivity (Wildman–Crippen MR) is 106 cm³/mol. The van der Waals surface area contributed by atoms with Crippen molar-refractivity contribution in [3.05, 3.63) is 59.7 Å². The number of nitrogens with zero attached hydrogens (tertiary/aromatic N) is 1. The van der Waals surface area contributed by atoms with E-state index in [-0.39, 0.29) is 30.9 Å². The van der Waals surface area contributed by atoms with Gasteiger partial charge >= 0.3 is 6.03 Å². The summed E-state index contributed by atoms with van der Waals surface area (Å²) in [6.45, 7) is -0.224. The molecule has 0 radical (unpaired) electrons. The van der Waals surface area contributed by atoms with Crippen molar-refractivity contribution in [1.29, 1.82) is 0 Å². The number of urea groups is 1. The summed E-state index contributed by atoms with van der Waals surface area (Å²) in [6.07, 6.45) is 2.93. The Morgan fingerprint density at radius 3 is 2.79 bits per heavy atom. The van der Waals surface area contributed by atoms with Crippen LogP contribution in [0.4, 0.5) is 16.2 Å². The first-order valence-corrected chi connectivity index (χ1v) is 9.43. The average Bonchev–Trinajstić information content (AvgIpc) is 2.71. The Labute approximate surface area is 163 Å². The van der Waals surface area contributed by atoms with Gasteiger partial charge in [-0.05, 0) is 42.5 Å². The topological polar surface area (TPSA) is 90.5 Å². The summed E-state index contributed by atoms with van der Waals surface area (Å²) < 4.78 is 0. The molecule has 1 aliphatic carbocycles. The van der Waals surface area contributed by atoms with Crippen LogP contribution in [0.25, 0.3) is 0 Å². The van der Waals surface area contributed by atoms with Gasteiger partial charge in [0.25, 0.3) is 0 Å². The Morgan fingerprint density at radius 2 is 1.89 bits per heavy atom. The third-order valence-corrected chi connectivity index (χ3v) is 5.12. The van der Waals surface area contributed by atoms with Crippen LogP contribution in [0.5, 0.6) is 0 Å². The van der Waals surface area contributed by atoms with Crippen LogP contribution >= 0.6 is 0 Å². The number of para-hydroxylation sites is 2. The highest BCUT2D eigenvalue weighted by Crippen LogP contribution is 2.30. The van der Waals surface area contributed by atoms with Gasteiger partial charge in [-0.2, -0.15) is 0 Å². The summed E-state index contributed by atoms with van der Waals surface area (Å²) in [6, 6.07) is 14.7. The second kappa shape index (κ2) is 7.72. The summed E-state index contributed by atoms with van der Waals surface area (Å²) in [4.78, 5) is 38.1. The van der Waals surface area contributed by atoms with Crippen molar-refractivity contribution >= 4 is 29.2 Å². The number of hydrogen-bond donors (Lipinski definition) is 3. The van der Waals surface area contributed by atoms with Gasteiger partial charge in [-0.25, -0.2) is 4.79 Å². The van der Waals surface area contributed by atoms with Gasteiger partial charge in [-0.3, -0.25) is 14.5 Å². The fourth-order valence-electron chi connectivity index (χ4n) is 3.81. The zero-order valence-corrected chi connectivity index (χ0v) is 15.4. The maximum Gasteiger partial charge on any atom is 0.322 e. The Morgan fingerprint density at radius 1 is 1.11 bits per heavy atom. The van der Waals surface area contributed by atoms with E-state index in [1.165, 1.54) is 10.5 Å². The van der Waals surface area contributed by atoms with Crippen molar-refractivity contribution in [2.75, 3.05) is 23.3 Å². The molecule has 7 nitrogen and oxygen atoms in total. The van der Waals surface area contributed by atoms with E-state index in [1.807, 2.05) is 18.2 Å². The molecule has 1 aliphatic heterocycles. The van der Waals surface area contributed by atoms with Crippen LogP contribution in [0.2, 0.25) is 0 Å². The molecule has 1 heterocycles. The van der Waals surface area contributed by atoms with Crippen molar-refractivity contribution in [2.24, 2.45) is 0 Å². The van der Waals surface area contributed by atoms with E-state index in [9.17, 15) is 14.4 Å². The lowest BCUT2D eigenvalue weighted by Gasteiger charge is -2.29. The maximum absolute atomic E-state index is 12.6. The average molecular weight is 378 g/mol. The number of amides is 4. The zero-order valence-electron chi connectivity index (χ0n) is 15.4. The van der Waals surface area contributed by atoms with Gasteiger partial charge in [0.05, 0.1) is 24.0 Å². The predicted octanol–water partition coefficient (Wildman–Crippen LogP) is 2.35. The normalized spacial score (nSPS) is 17.8. The molecular formula is C21H22N4O3. The number of carbonyl (C=O) groups excluding carboxylic acids is 3. The molecule has 4 rings (SSSR count). The van der Waals surface area contributed by atoms with Gasteiger partial charge in [-0.1, -0.05) is 36.4 Å². The van der Waals surface area contributed by atoms with Crippen molar-refractivity contribution in [1.82, 2.24) is 10.6 Å². The van der Waals surface area contributed by atoms with Gasteiger partial charge in [0, 0.05) is 0 Å². The summed E-state index contributed by atoms with van der Waals surface area (Å²) in [5, 5.41) is 8.37. The number of rotatable bonds is 3. The first-order valence-electron chi connectivity index (χ1n) is 9.43. The van der Waals surface area contributed by atoms with Gasteiger partial charge in [0.1, 0.15) is 6.54 Å². The second-order valence-electron chi connectivity index (χ2n) is 7.02. The van der Waals surface area contributed by atoms with E-state index in [0.717, 1.165) is 24.8 Å². The molecule has 0 bridgehead atoms. The molecule has 0 unspecified atom stereocenters. The molecule has 2 aliphatic rings. The smallest absolute Gasteiger partial charge is 0.322 e. The molecule has 2 aromatic carbocycles. The van der Waals surface area contributed by atoms with Crippen LogP contribution in [0.1, 0.15) is 30.0 Å². The maximum atomic E-state index is 12.6. The third kappa shape index (κ3) is 3.69. The quantitative estimate of drug-likeness (QED) is 0.766. The highest BCUT2D eigenvalue weighted by atomic mass is 16.2. The van der Waals surface area contributed by atoms with Crippen LogP contribution in [0, 0.1) is 0 Å². The van der Waals surface area contributed by atoms with Crippen molar-refractivity contribution in [3.63, 3.8) is 0 Å². The molecule has 3 N–H and O–H groups in total. The molecule has 1 atom stereocenters. The zero-order chi connectivity index (χ0) is 19.5. The van der Waals surface area contributed by atoms with E-state index in [4.69, 9.17) is 0 Å². The van der Waals surface area contributed by atoms with Gasteiger partial charge in [0.2, 0.25) is 11.8 Å². The molecule has 144 valence electrons. The van der Waals surface area contributed by atoms with E-state index in [1.54, 1.807) is 24.3 Å². The molecular weight excluding hydrogens is 356 g/mol. The van der Waals surface area contributed by atoms with Crippen LogP contribution in [0.3, 0.4) is 0 Å². The number of anilines is 2. The molecule has 4 amide bonds. The van der Waals surface area contributed by atoms with Crippen molar-refractivity contribution in [2.45, 2.75) is 25.3 Å². The fourth-order valence-corrected chi connectivity index (χ4v) is 3.81. The molecule has 0 saturated heterocycles. The Bertz CT molecular complexity index is 927. The van der Waals surface area contributed by atoms with Crippen LogP contribution in [-0.2, 0) is 16.0 Å². The minimum Gasteiger partial charge on any atom is -0.348 e. The molecule has 2 aromatic rings. The van der Waals surface area contributed by atoms with Crippen LogP contribution < -0.4 is 20.9 Å². The van der Waals surface area contributed by atoms with Gasteiger partial charge < -0.3 is 16.0 Å². The summed E-state index contributed by atoms with van der Waals surface area (Å²) in [5.74, 6) is -0.512. The number of hydrogen-bond acceptors (Lipinski definition) is 3. The Balaban J connectivity index is 1.37. The summed E-state index contributed by atoms with van der Waals surface area (Å²) in [5.41, 5.74) is 3.60. The van der Waals surface area contributed by atoms with Crippen LogP contribution in [-0.4, -0.2) is 30.9 Å². The highest BCUT2D eigenvalue weighted by molar-refractivity contribution is 6.09. The lowest BCUT2D eigenvalue weighted by Crippen LogP contribution is -2.49. The minimum atomic E-state index is -0.471. The molecule has 7 heteroatoms. The van der Waals surface area contributed by atoms with E-state index < -0.39 is 6.03 Å². The first kappa shape index (κ1) is 18.0. The number of carbonyl (C=O) groups is 3. The van der Waals surface area contributed by atoms with Crippen molar-refractivity contribution in [3.8, 4) is 0 Å². The second-order valence-corrected chi connectivity index (χ2v) is 7.02. The monoisotopic (exact) mass is 378 g/mol. The number of fused-ring (bicyclic) bond motifs is 2. The fraction of sp³-hybridized carbons (Fsp3) is 0.286. The lowest BCUT2D eigenvalue weighted by atomic mass is 9.88. The van der Waals surface area contributed by atoms with E-state index in [2.05, 4.69) is 22.0 Å². The van der Waals surface area contributed by atoms with Crippen molar-refractivity contribution < 1.29 is 14.4 Å². The standard InChI is InChI=1S/C21H22N4O3/c26-19(23-16-10-5-7-14-6-1-2-8-15(14)16)12-22-21(28)25-13-20(27)24-17-9-3-4-11-18(17)25/h1-4,6,8-9,11,16H,5,7,10,12-13H2,(H,22,28)(H,23,26)(H,24,27)/t16-/m1/s1. The molecule has 0 saturated carbocycles. The Kier molecular flexibility index (Phi) is 4.97. The van der Waals surface area contributed by atoms with E-state index >= 15 is 0 Å². The van der Waals surface area contributed by atoms with Gasteiger partial charge in [0.15, 0.2) is 0 Å². The number of aryl methyl sites for hydroxylation is 1. The largest absolute Gasteiger partial charge is 0.348 e. The first-order chi connectivity index (χ1) is 13.6. The highest BCUT2D eigenvalue weighted by Gasteiger charge is 2.27. The molecule has 28 heavy (non-hydrogen) atoms. The minimum absolute atomic E-state index is 0.0316. The van der Waals surface area contributed by atoms with Crippen LogP contribution in [0.15, 0.2) is 48.5 Å². The van der Waals surface area contributed by atoms with Gasteiger partial charge in [-0.15, -0.1) is 0 Å². The summed E-state index contributed by atoms with van der Waals surface area (Å²) in [7, 11) is 0. The molecule has 0 aromatic heterocycles. The van der Waals surface area contributed by atoms with E-state index in [0.29, 0.717) is 11.4 Å². The molecule has 0 spiro atoms. The third-order valence-electron chi connectivity index (χ3n) is 5.12.